The van der Waals surface area contributed by atoms with Crippen LogP contribution >= 0.6 is 0 Å². The number of carbonyl (C=O) groups is 4. The number of nitrogens with one attached hydrogen (secondary N) is 2. The number of sulfonamides is 2. The van der Waals surface area contributed by atoms with Gasteiger partial charge in [-0.05, 0) is 94.0 Å². The number of fused-ring (bicyclic) bond motifs is 2. The van der Waals surface area contributed by atoms with Crippen LogP contribution in [0.3, 0.4) is 0 Å². The molecule has 7 N–H and O–H groups in total. The lowest BCUT2D eigenvalue weighted by molar-refractivity contribution is -0.134. The number of aliphatic carboxylic acids is 1. The average molecular weight is 971 g/mol. The maximum Gasteiger partial charge on any atom is 0.300 e. The summed E-state index contributed by atoms with van der Waals surface area (Å²) in [6.07, 6.45) is 1.48. The Kier molecular flexibility index (Phi) is 17.4. The Labute approximate surface area is 386 Å². The summed E-state index contributed by atoms with van der Waals surface area (Å²) in [5, 5.41) is 30.8. The van der Waals surface area contributed by atoms with Crippen LogP contribution in [0.1, 0.15) is 67.5 Å². The van der Waals surface area contributed by atoms with Gasteiger partial charge in [0.25, 0.3) is 17.8 Å². The zero-order valence-electron chi connectivity index (χ0n) is 36.9. The van der Waals surface area contributed by atoms with E-state index in [1.807, 2.05) is 19.5 Å². The number of hydrazine groups is 1. The van der Waals surface area contributed by atoms with Gasteiger partial charge < -0.3 is 25.1 Å². The Morgan fingerprint density at radius 1 is 0.642 bits per heavy atom. The van der Waals surface area contributed by atoms with Crippen LogP contribution in [-0.2, 0) is 37.7 Å². The standard InChI is InChI=1S/C21H23FN4O4S.C12H18N4O3S.C9H7FO2.C2H4O2/c1-25-9-11-26(12-10-25)31(29,30)15-4-2-3-14(13-15)21(28)24-23-18-7-5-16-17(22)6-8-19(27)20(16)18;1-15-5-7-16(8-6-15)20(18,19)11-4-2-3-10(9-11)12(17)14-13;10-6-2-4-8(12)9-5(6)1-3-7(9)11;1-2(3)4/h2-4,6,8,13,27H,5,7,9-12H2,1H3,(H,24,28);2-4,9H,5-8,13H2,1H3,(H,14,17);2,4,12H,1,3H2;1H3,(H,3,4)/b23-18+;;;. The molecule has 0 bridgehead atoms. The maximum atomic E-state index is 13.9. The molecule has 0 unspecified atom stereocenters. The number of phenols is 2. The number of hydrazone groups is 1. The maximum absolute atomic E-state index is 13.9. The zero-order valence-corrected chi connectivity index (χ0v) is 38.5. The van der Waals surface area contributed by atoms with Gasteiger partial charge in [-0.2, -0.15) is 13.7 Å². The Balaban J connectivity index is 0.000000198. The lowest BCUT2D eigenvalue weighted by Gasteiger charge is -2.31. The first-order valence-corrected chi connectivity index (χ1v) is 23.7. The van der Waals surface area contributed by atoms with Crippen LogP contribution in [0.25, 0.3) is 0 Å². The van der Waals surface area contributed by atoms with E-state index in [1.54, 1.807) is 0 Å². The minimum atomic E-state index is -3.71. The molecule has 67 heavy (non-hydrogen) atoms. The van der Waals surface area contributed by atoms with E-state index in [0.717, 1.165) is 6.92 Å². The highest BCUT2D eigenvalue weighted by atomic mass is 32.2. The minimum absolute atomic E-state index is 0.0447. The van der Waals surface area contributed by atoms with Crippen molar-refractivity contribution < 1.29 is 60.1 Å². The molecule has 4 aliphatic rings. The monoisotopic (exact) mass is 970 g/mol. The summed E-state index contributed by atoms with van der Waals surface area (Å²) in [7, 11) is -3.38. The first-order valence-electron chi connectivity index (χ1n) is 20.8. The summed E-state index contributed by atoms with van der Waals surface area (Å²) >= 11 is 0. The Morgan fingerprint density at radius 2 is 1.06 bits per heavy atom. The van der Waals surface area contributed by atoms with Gasteiger partial charge in [0.2, 0.25) is 20.0 Å². The summed E-state index contributed by atoms with van der Waals surface area (Å²) in [5.41, 5.74) is 6.33. The number of nitrogens with zero attached hydrogens (tertiary/aromatic N) is 5. The molecule has 2 fully saturated rings. The fourth-order valence-electron chi connectivity index (χ4n) is 7.40. The highest BCUT2D eigenvalue weighted by Crippen LogP contribution is 2.33. The number of carboxylic acids is 1. The number of nitrogens with two attached hydrogens (primary N) is 1. The normalized spacial score (nSPS) is 17.1. The predicted octanol–water partition coefficient (Wildman–Crippen LogP) is 2.53. The molecule has 0 saturated carbocycles. The smallest absolute Gasteiger partial charge is 0.300 e. The summed E-state index contributed by atoms with van der Waals surface area (Å²) in [6.45, 7) is 5.45. The molecule has 2 aliphatic heterocycles. The van der Waals surface area contributed by atoms with Gasteiger partial charge in [-0.25, -0.2) is 36.9 Å². The summed E-state index contributed by atoms with van der Waals surface area (Å²) in [5.74, 6) is 1.94. The van der Waals surface area contributed by atoms with E-state index in [-0.39, 0.29) is 43.8 Å². The van der Waals surface area contributed by atoms with E-state index in [0.29, 0.717) is 100 Å². The number of halogens is 2. The summed E-state index contributed by atoms with van der Waals surface area (Å²) in [6, 6.07) is 16.5. The van der Waals surface area contributed by atoms with Crippen LogP contribution in [0.5, 0.6) is 11.5 Å². The SMILES string of the molecule is CC(=O)O.CN1CCN(S(=O)(=O)c2cccc(C(=O)N/N=C3\CCc4c(F)ccc(O)c43)c2)CC1.CN1CCN(S(=O)(=O)c2cccc(C(=O)NN)c2)CC1.O=C1CCc2c(F)ccc(O)c21. The van der Waals surface area contributed by atoms with Gasteiger partial charge in [-0.1, -0.05) is 12.1 Å². The second-order valence-electron chi connectivity index (χ2n) is 15.7. The molecule has 0 aromatic heterocycles. The van der Waals surface area contributed by atoms with Crippen molar-refractivity contribution >= 4 is 49.3 Å². The fraction of sp³-hybridized carbons (Fsp3) is 0.341. The second-order valence-corrected chi connectivity index (χ2v) is 19.6. The third-order valence-electron chi connectivity index (χ3n) is 11.1. The van der Waals surface area contributed by atoms with Gasteiger partial charge in [-0.3, -0.25) is 24.6 Å². The highest BCUT2D eigenvalue weighted by molar-refractivity contribution is 7.89. The minimum Gasteiger partial charge on any atom is -0.507 e. The van der Waals surface area contributed by atoms with E-state index in [9.17, 15) is 50.2 Å². The van der Waals surface area contributed by atoms with Crippen molar-refractivity contribution in [2.24, 2.45) is 10.9 Å². The molecule has 19 nitrogen and oxygen atoms in total. The lowest BCUT2D eigenvalue weighted by Crippen LogP contribution is -2.47. The third kappa shape index (κ3) is 12.8. The molecule has 2 aliphatic carbocycles. The van der Waals surface area contributed by atoms with Gasteiger partial charge in [0.05, 0.1) is 21.1 Å². The first-order chi connectivity index (χ1) is 31.6. The second kappa shape index (κ2) is 22.5. The largest absolute Gasteiger partial charge is 0.507 e. The van der Waals surface area contributed by atoms with Crippen LogP contribution in [-0.4, -0.2) is 146 Å². The van der Waals surface area contributed by atoms with E-state index in [4.69, 9.17) is 15.7 Å². The number of rotatable bonds is 7. The Bertz CT molecular complexity index is 2760. The van der Waals surface area contributed by atoms with Gasteiger partial charge in [0, 0.05) is 93.5 Å². The van der Waals surface area contributed by atoms with E-state index in [1.165, 1.54) is 81.4 Å². The van der Waals surface area contributed by atoms with Crippen molar-refractivity contribution in [1.82, 2.24) is 29.3 Å². The summed E-state index contributed by atoms with van der Waals surface area (Å²) in [4.78, 5) is 48.5. The third-order valence-corrected chi connectivity index (χ3v) is 14.9. The van der Waals surface area contributed by atoms with Gasteiger partial charge in [0.1, 0.15) is 23.1 Å². The van der Waals surface area contributed by atoms with Gasteiger partial charge >= 0.3 is 0 Å². The lowest BCUT2D eigenvalue weighted by atomic mass is 10.1. The average Bonchev–Trinajstić information content (AvgIpc) is 3.94. The van der Waals surface area contributed by atoms with E-state index >= 15 is 0 Å². The first kappa shape index (κ1) is 51.8. The highest BCUT2D eigenvalue weighted by Gasteiger charge is 2.30. The molecule has 4 aromatic carbocycles. The zero-order chi connectivity index (χ0) is 49.2. The van der Waals surface area contributed by atoms with Crippen LogP contribution in [0.2, 0.25) is 0 Å². The number of phenolic OH excluding ortho intramolecular Hbond substituents is 2. The topological polar surface area (TPSA) is 273 Å². The molecule has 2 heterocycles. The number of carboxylic acid groups (broad SMARTS) is 1. The van der Waals surface area contributed by atoms with Crippen molar-refractivity contribution in [1.29, 1.82) is 0 Å². The number of aromatic hydroxyl groups is 2. The van der Waals surface area contributed by atoms with Crippen LogP contribution in [0.15, 0.2) is 87.7 Å². The number of likely N-dealkylation sites (N-methyl/N-ethyl adjacent to an activating group) is 2. The molecule has 360 valence electrons. The van der Waals surface area contributed by atoms with Crippen molar-refractivity contribution in [3.05, 3.63) is 118 Å². The van der Waals surface area contributed by atoms with Gasteiger partial charge in [-0.15, -0.1) is 0 Å². The molecule has 0 radical (unpaired) electrons. The molecular weight excluding hydrogens is 919 g/mol. The number of Topliss-reactive ketones (excluding diaryl/α,β-unsaturated/α-hetero) is 1. The quantitative estimate of drug-likeness (QED) is 0.0883. The van der Waals surface area contributed by atoms with Crippen molar-refractivity contribution in [2.45, 2.75) is 42.4 Å². The molecule has 2 saturated heterocycles. The number of piperazine rings is 2. The van der Waals surface area contributed by atoms with Crippen LogP contribution in [0, 0.1) is 11.6 Å². The van der Waals surface area contributed by atoms with Crippen molar-refractivity contribution in [3.63, 3.8) is 0 Å². The fourth-order valence-corrected chi connectivity index (χ4v) is 10.3. The number of hydrogen-bond donors (Lipinski definition) is 6. The molecule has 0 atom stereocenters. The number of benzene rings is 4. The summed E-state index contributed by atoms with van der Waals surface area (Å²) < 4.78 is 80.6. The predicted molar refractivity (Wildman–Crippen MR) is 241 cm³/mol. The van der Waals surface area contributed by atoms with E-state index < -0.39 is 49.5 Å². The van der Waals surface area contributed by atoms with Crippen molar-refractivity contribution in [2.75, 3.05) is 66.5 Å². The molecule has 2 amide bonds. The molecular formula is C44H52F2N8O11S2. The number of amides is 2. The van der Waals surface area contributed by atoms with Gasteiger partial charge in [0.15, 0.2) is 5.78 Å². The molecule has 4 aromatic rings. The number of carbonyl (C=O) groups excluding carboxylic acids is 3. The van der Waals surface area contributed by atoms with Crippen molar-refractivity contribution in [3.8, 4) is 11.5 Å². The number of hydrogen-bond acceptors (Lipinski definition) is 14. The number of ketones is 1. The van der Waals surface area contributed by atoms with Crippen LogP contribution < -0.4 is 16.7 Å². The molecule has 23 heteroatoms. The Morgan fingerprint density at radius 3 is 1.51 bits per heavy atom. The molecule has 8 rings (SSSR count). The molecule has 0 spiro atoms. The Hall–Kier alpha value is -6.21. The number of nitrogen functional groups attached to an aromatic ring is 1. The van der Waals surface area contributed by atoms with E-state index in [2.05, 4.69) is 20.3 Å². The van der Waals surface area contributed by atoms with Crippen LogP contribution in [0.4, 0.5) is 8.78 Å².